The van der Waals surface area contributed by atoms with Gasteiger partial charge in [-0.2, -0.15) is 0 Å². The number of likely N-dealkylation sites (tertiary alicyclic amines) is 2. The number of hydrogen-bond acceptors (Lipinski definition) is 9. The molecule has 12 nitrogen and oxygen atoms in total. The standard InChI is InChI=1S/C42H65ClN6O6S/c1-6-11-35(50)13-8-7-9-17-44-42(51)45-18-22-54-23-21-48-20-16-33(28-48)46-56(52,53)36-14-15-40(31(3)25-36)55-41-38-26-32(43)24-30(2)37(38)27-39(41)49-19-10-12-34(29-49)47(4)5/h14-15,24-26,33-34,39,41,46H,6-13,16-23,27-29H2,1-5H3,(H2,44,45,51)/t33-,34+,39-,41-/m0/s1. The number of fused-ring (bicyclic) bond motifs is 1. The van der Waals surface area contributed by atoms with Gasteiger partial charge in [0.05, 0.1) is 24.2 Å². The Kier molecular flexibility index (Phi) is 16.9. The second kappa shape index (κ2) is 21.3. The van der Waals surface area contributed by atoms with Crippen molar-refractivity contribution in [1.82, 2.24) is 30.1 Å². The molecule has 2 fully saturated rings. The quantitative estimate of drug-likeness (QED) is 0.137. The van der Waals surface area contributed by atoms with E-state index in [0.29, 0.717) is 81.3 Å². The summed E-state index contributed by atoms with van der Waals surface area (Å²) in [5, 5.41) is 6.35. The van der Waals surface area contributed by atoms with Crippen LogP contribution in [0, 0.1) is 13.8 Å². The molecular formula is C42H65ClN6O6S. The van der Waals surface area contributed by atoms with Crippen molar-refractivity contribution < 1.29 is 27.5 Å². The molecule has 2 aromatic carbocycles. The molecule has 2 amide bonds. The third kappa shape index (κ3) is 12.6. The summed E-state index contributed by atoms with van der Waals surface area (Å²) in [6.07, 6.45) is 8.53. The maximum Gasteiger partial charge on any atom is 0.314 e. The van der Waals surface area contributed by atoms with Crippen LogP contribution in [0.15, 0.2) is 35.2 Å². The Bertz CT molecular complexity index is 1730. The number of nitrogens with zero attached hydrogens (tertiary/aromatic N) is 3. The number of amides is 2. The first-order chi connectivity index (χ1) is 26.8. The molecule has 0 spiro atoms. The first-order valence-corrected chi connectivity index (χ1v) is 22.5. The van der Waals surface area contributed by atoms with Crippen LogP contribution >= 0.6 is 11.6 Å². The number of nitrogens with one attached hydrogen (secondary N) is 3. The van der Waals surface area contributed by atoms with Gasteiger partial charge in [0.1, 0.15) is 17.6 Å². The number of carbonyl (C=O) groups excluding carboxylic acids is 2. The van der Waals surface area contributed by atoms with Crippen LogP contribution in [0.4, 0.5) is 4.79 Å². The zero-order valence-electron chi connectivity index (χ0n) is 34.2. The van der Waals surface area contributed by atoms with Gasteiger partial charge >= 0.3 is 6.03 Å². The van der Waals surface area contributed by atoms with Crippen LogP contribution in [0.1, 0.15) is 93.1 Å². The minimum Gasteiger partial charge on any atom is -0.484 e. The smallest absolute Gasteiger partial charge is 0.314 e. The lowest BCUT2D eigenvalue weighted by Crippen LogP contribution is -2.51. The van der Waals surface area contributed by atoms with Gasteiger partial charge in [-0.3, -0.25) is 14.6 Å². The lowest BCUT2D eigenvalue weighted by Gasteiger charge is -2.41. The second-order valence-corrected chi connectivity index (χ2v) is 18.2. The number of likely N-dealkylation sites (N-methyl/N-ethyl adjacent to an activating group) is 1. The molecule has 0 radical (unpaired) electrons. The number of aryl methyl sites for hydroxylation is 2. The van der Waals surface area contributed by atoms with Crippen molar-refractivity contribution in [3.8, 4) is 5.75 Å². The number of halogens is 1. The predicted molar refractivity (Wildman–Crippen MR) is 222 cm³/mol. The summed E-state index contributed by atoms with van der Waals surface area (Å²) in [4.78, 5) is 30.9. The molecule has 3 N–H and O–H groups in total. The van der Waals surface area contributed by atoms with E-state index in [0.717, 1.165) is 69.3 Å². The van der Waals surface area contributed by atoms with Crippen molar-refractivity contribution in [1.29, 1.82) is 0 Å². The van der Waals surface area contributed by atoms with Crippen molar-refractivity contribution in [3.05, 3.63) is 57.6 Å². The van der Waals surface area contributed by atoms with Crippen molar-refractivity contribution in [2.45, 2.75) is 114 Å². The number of Topliss-reactive ketones (excluding diaryl/α,β-unsaturated/α-hetero) is 1. The molecule has 2 aromatic rings. The average molecular weight is 818 g/mol. The fourth-order valence-electron chi connectivity index (χ4n) is 8.33. The molecule has 312 valence electrons. The van der Waals surface area contributed by atoms with E-state index in [1.54, 1.807) is 18.2 Å². The number of rotatable bonds is 21. The van der Waals surface area contributed by atoms with Crippen LogP contribution in [-0.2, 0) is 26.0 Å². The zero-order chi connectivity index (χ0) is 40.2. The van der Waals surface area contributed by atoms with Gasteiger partial charge in [-0.05, 0) is 139 Å². The molecule has 4 atom stereocenters. The number of ketones is 1. The third-order valence-electron chi connectivity index (χ3n) is 11.5. The summed E-state index contributed by atoms with van der Waals surface area (Å²) in [6, 6.07) is 9.47. The van der Waals surface area contributed by atoms with Gasteiger partial charge in [0.15, 0.2) is 0 Å². The Morgan fingerprint density at radius 2 is 1.75 bits per heavy atom. The van der Waals surface area contributed by atoms with Crippen molar-refractivity contribution in [2.24, 2.45) is 0 Å². The Labute approximate surface area is 340 Å². The largest absolute Gasteiger partial charge is 0.484 e. The van der Waals surface area contributed by atoms with Crippen LogP contribution in [0.3, 0.4) is 0 Å². The van der Waals surface area contributed by atoms with Crippen molar-refractivity contribution in [3.63, 3.8) is 0 Å². The SMILES string of the molecule is CCCC(=O)CCCCCNC(=O)NCCOCCN1CC[C@H](NS(=O)(=O)c2ccc(O[C@H]3c4cc(Cl)cc(C)c4C[C@@H]3N3CCC[C@@H](N(C)C)C3)c(C)c2)C1. The fourth-order valence-corrected chi connectivity index (χ4v) is 9.95. The molecule has 2 aliphatic heterocycles. The summed E-state index contributed by atoms with van der Waals surface area (Å²) < 4.78 is 42.6. The van der Waals surface area contributed by atoms with E-state index in [1.165, 1.54) is 17.5 Å². The number of sulfonamides is 1. The molecule has 3 aliphatic rings. The van der Waals surface area contributed by atoms with E-state index in [-0.39, 0.29) is 29.1 Å². The van der Waals surface area contributed by atoms with E-state index < -0.39 is 10.0 Å². The first-order valence-electron chi connectivity index (χ1n) is 20.7. The number of ether oxygens (including phenoxy) is 2. The van der Waals surface area contributed by atoms with Crippen molar-refractivity contribution in [2.75, 3.05) is 73.1 Å². The van der Waals surface area contributed by atoms with Gasteiger partial charge in [-0.25, -0.2) is 17.9 Å². The van der Waals surface area contributed by atoms with Gasteiger partial charge in [0.2, 0.25) is 10.0 Å². The minimum absolute atomic E-state index is 0.161. The third-order valence-corrected chi connectivity index (χ3v) is 13.2. The fraction of sp³-hybridized carbons (Fsp3) is 0.667. The Hall–Kier alpha value is -2.78. The molecule has 56 heavy (non-hydrogen) atoms. The summed E-state index contributed by atoms with van der Waals surface area (Å²) in [5.41, 5.74) is 4.36. The van der Waals surface area contributed by atoms with Crippen molar-refractivity contribution >= 4 is 33.4 Å². The maximum absolute atomic E-state index is 13.6. The highest BCUT2D eigenvalue weighted by Crippen LogP contribution is 2.42. The highest BCUT2D eigenvalue weighted by Gasteiger charge is 2.41. The van der Waals surface area contributed by atoms with Gasteiger partial charge < -0.3 is 25.0 Å². The average Bonchev–Trinajstić information content (AvgIpc) is 3.75. The summed E-state index contributed by atoms with van der Waals surface area (Å²) in [6.45, 7) is 12.0. The molecule has 0 bridgehead atoms. The Balaban J connectivity index is 1.05. The maximum atomic E-state index is 13.6. The number of piperidine rings is 1. The topological polar surface area (TPSA) is 133 Å². The molecule has 0 aromatic heterocycles. The molecule has 2 saturated heterocycles. The van der Waals surface area contributed by atoms with E-state index in [9.17, 15) is 18.0 Å². The monoisotopic (exact) mass is 816 g/mol. The molecule has 0 saturated carbocycles. The molecule has 0 unspecified atom stereocenters. The Morgan fingerprint density at radius 3 is 2.52 bits per heavy atom. The van der Waals surface area contributed by atoms with Crippen LogP contribution in [0.25, 0.3) is 0 Å². The molecule has 14 heteroatoms. The zero-order valence-corrected chi connectivity index (χ0v) is 35.8. The first kappa shape index (κ1) is 44.3. The van der Waals surface area contributed by atoms with Crippen LogP contribution in [0.5, 0.6) is 5.75 Å². The van der Waals surface area contributed by atoms with Crippen LogP contribution in [-0.4, -0.2) is 126 Å². The number of carbonyl (C=O) groups is 2. The lowest BCUT2D eigenvalue weighted by atomic mass is 10.0. The van der Waals surface area contributed by atoms with E-state index in [4.69, 9.17) is 21.1 Å². The number of unbranched alkanes of at least 4 members (excludes halogenated alkanes) is 2. The number of hydrogen-bond donors (Lipinski definition) is 3. The summed E-state index contributed by atoms with van der Waals surface area (Å²) in [5.74, 6) is 0.996. The van der Waals surface area contributed by atoms with E-state index >= 15 is 0 Å². The van der Waals surface area contributed by atoms with Gasteiger partial charge in [-0.15, -0.1) is 0 Å². The minimum atomic E-state index is -3.75. The summed E-state index contributed by atoms with van der Waals surface area (Å²) >= 11 is 6.58. The van der Waals surface area contributed by atoms with Gasteiger partial charge in [0, 0.05) is 62.7 Å². The van der Waals surface area contributed by atoms with Crippen LogP contribution in [0.2, 0.25) is 5.02 Å². The molecule has 2 heterocycles. The summed E-state index contributed by atoms with van der Waals surface area (Å²) in [7, 11) is 0.558. The van der Waals surface area contributed by atoms with Crippen LogP contribution < -0.4 is 20.1 Å². The predicted octanol–water partition coefficient (Wildman–Crippen LogP) is 5.63. The van der Waals surface area contributed by atoms with E-state index in [2.05, 4.69) is 51.1 Å². The molecule has 5 rings (SSSR count). The Morgan fingerprint density at radius 1 is 0.946 bits per heavy atom. The molecular weight excluding hydrogens is 752 g/mol. The molecule has 1 aliphatic carbocycles. The van der Waals surface area contributed by atoms with Gasteiger partial charge in [-0.1, -0.05) is 24.9 Å². The lowest BCUT2D eigenvalue weighted by molar-refractivity contribution is -0.119. The highest BCUT2D eigenvalue weighted by molar-refractivity contribution is 7.89. The van der Waals surface area contributed by atoms with Gasteiger partial charge in [0.25, 0.3) is 0 Å². The second-order valence-electron chi connectivity index (χ2n) is 16.1. The highest BCUT2D eigenvalue weighted by atomic mass is 35.5. The number of urea groups is 1. The van der Waals surface area contributed by atoms with E-state index in [1.807, 2.05) is 26.0 Å². The number of benzene rings is 2. The normalized spacial score (nSPS) is 21.7.